The lowest BCUT2D eigenvalue weighted by atomic mass is 9.93. The lowest BCUT2D eigenvalue weighted by Crippen LogP contribution is -2.38. The Labute approximate surface area is 150 Å². The zero-order valence-corrected chi connectivity index (χ0v) is 16.1. The minimum atomic E-state index is -2.89. The maximum Gasteiger partial charge on any atom is 0.151 e. The monoisotopic (exact) mass is 378 g/mol. The van der Waals surface area contributed by atoms with E-state index >= 15 is 0 Å². The predicted octanol–water partition coefficient (Wildman–Crippen LogP) is 2.55. The smallest absolute Gasteiger partial charge is 0.151 e. The molecule has 1 unspecified atom stereocenters. The predicted molar refractivity (Wildman–Crippen MR) is 99.2 cm³/mol. The van der Waals surface area contributed by atoms with E-state index in [0.717, 1.165) is 19.6 Å². The molecule has 4 nitrogen and oxygen atoms in total. The first-order valence-corrected chi connectivity index (χ1v) is 11.0. The highest BCUT2D eigenvalue weighted by Crippen LogP contribution is 2.55. The maximum atomic E-state index is 11.9. The van der Waals surface area contributed by atoms with E-state index in [1.807, 2.05) is 0 Å². The Hall–Kier alpha value is -0.140. The number of piperidine rings is 1. The molecule has 1 saturated heterocycles. The molecular formula is C16H27ClN2O2S2. The third-order valence-corrected chi connectivity index (χ3v) is 7.70. The molecule has 7 heteroatoms. The number of nitrogens with zero attached hydrogens (tertiary/aromatic N) is 1. The van der Waals surface area contributed by atoms with Crippen LogP contribution in [0, 0.1) is 5.41 Å². The molecule has 2 fully saturated rings. The summed E-state index contributed by atoms with van der Waals surface area (Å²) in [4.78, 5) is 2.43. The van der Waals surface area contributed by atoms with Crippen molar-refractivity contribution < 1.29 is 8.42 Å². The molecule has 132 valence electrons. The van der Waals surface area contributed by atoms with Gasteiger partial charge in [-0.3, -0.25) is 4.90 Å². The van der Waals surface area contributed by atoms with Crippen molar-refractivity contribution in [3.8, 4) is 0 Å². The summed E-state index contributed by atoms with van der Waals surface area (Å²) in [5.74, 6) is 0.539. The average molecular weight is 379 g/mol. The van der Waals surface area contributed by atoms with E-state index in [4.69, 9.17) is 0 Å². The van der Waals surface area contributed by atoms with Crippen LogP contribution in [0.25, 0.3) is 0 Å². The molecule has 0 aromatic carbocycles. The van der Waals surface area contributed by atoms with Gasteiger partial charge in [-0.2, -0.15) is 11.3 Å². The Kier molecular flexibility index (Phi) is 6.53. The van der Waals surface area contributed by atoms with Gasteiger partial charge in [0.2, 0.25) is 0 Å². The number of nitrogens with one attached hydrogen (secondary N) is 1. The average Bonchev–Trinajstić information content (AvgIpc) is 2.97. The zero-order chi connectivity index (χ0) is 15.6. The van der Waals surface area contributed by atoms with Gasteiger partial charge in [-0.05, 0) is 60.2 Å². The van der Waals surface area contributed by atoms with E-state index in [9.17, 15) is 8.42 Å². The molecule has 0 radical (unpaired) electrons. The fourth-order valence-electron chi connectivity index (χ4n) is 3.67. The lowest BCUT2D eigenvalue weighted by molar-refractivity contribution is 0.205. The van der Waals surface area contributed by atoms with Crippen LogP contribution in [0.2, 0.25) is 0 Å². The lowest BCUT2D eigenvalue weighted by Gasteiger charge is -2.29. The minimum Gasteiger partial charge on any atom is -0.317 e. The number of halogens is 1. The first-order chi connectivity index (χ1) is 10.5. The van der Waals surface area contributed by atoms with Crippen molar-refractivity contribution in [1.29, 1.82) is 0 Å². The van der Waals surface area contributed by atoms with Gasteiger partial charge in [0, 0.05) is 24.9 Å². The summed E-state index contributed by atoms with van der Waals surface area (Å²) < 4.78 is 23.8. The normalized spacial score (nSPS) is 23.0. The van der Waals surface area contributed by atoms with Crippen molar-refractivity contribution in [1.82, 2.24) is 10.2 Å². The van der Waals surface area contributed by atoms with Gasteiger partial charge in [-0.1, -0.05) is 6.92 Å². The first kappa shape index (κ1) is 19.2. The second-order valence-corrected chi connectivity index (χ2v) is 9.92. The van der Waals surface area contributed by atoms with Crippen LogP contribution in [-0.4, -0.2) is 50.5 Å². The van der Waals surface area contributed by atoms with E-state index in [2.05, 4.69) is 27.0 Å². The van der Waals surface area contributed by atoms with Crippen molar-refractivity contribution in [2.45, 2.75) is 38.8 Å². The Morgan fingerprint density at radius 3 is 2.74 bits per heavy atom. The van der Waals surface area contributed by atoms with Gasteiger partial charge in [0.15, 0.2) is 9.84 Å². The summed E-state index contributed by atoms with van der Waals surface area (Å²) in [6.45, 7) is 5.52. The van der Waals surface area contributed by atoms with Gasteiger partial charge in [0.1, 0.15) is 0 Å². The Morgan fingerprint density at radius 1 is 1.39 bits per heavy atom. The fourth-order valence-corrected chi connectivity index (χ4v) is 5.13. The van der Waals surface area contributed by atoms with Crippen molar-refractivity contribution in [3.63, 3.8) is 0 Å². The third kappa shape index (κ3) is 4.69. The Morgan fingerprint density at radius 2 is 2.13 bits per heavy atom. The molecule has 0 amide bonds. The van der Waals surface area contributed by atoms with Crippen LogP contribution in [-0.2, 0) is 16.4 Å². The molecule has 2 heterocycles. The van der Waals surface area contributed by atoms with Gasteiger partial charge < -0.3 is 5.32 Å². The summed E-state index contributed by atoms with van der Waals surface area (Å²) in [5, 5.41) is 7.72. The molecule has 23 heavy (non-hydrogen) atoms. The van der Waals surface area contributed by atoms with Crippen molar-refractivity contribution in [2.24, 2.45) is 5.41 Å². The van der Waals surface area contributed by atoms with Crippen LogP contribution in [0.3, 0.4) is 0 Å². The van der Waals surface area contributed by atoms with Gasteiger partial charge in [-0.15, -0.1) is 12.4 Å². The van der Waals surface area contributed by atoms with E-state index in [0.29, 0.717) is 23.8 Å². The summed E-state index contributed by atoms with van der Waals surface area (Å²) in [6.07, 6.45) is 3.71. The molecule has 2 aliphatic rings. The molecule has 1 spiro atoms. The highest BCUT2D eigenvalue weighted by atomic mass is 35.5. The van der Waals surface area contributed by atoms with Gasteiger partial charge >= 0.3 is 0 Å². The second-order valence-electron chi connectivity index (χ2n) is 6.67. The zero-order valence-electron chi connectivity index (χ0n) is 13.7. The summed E-state index contributed by atoms with van der Waals surface area (Å²) in [6, 6.07) is 2.73. The van der Waals surface area contributed by atoms with Crippen LogP contribution in [0.1, 0.15) is 31.7 Å². The summed E-state index contributed by atoms with van der Waals surface area (Å²) in [7, 11) is -2.89. The topological polar surface area (TPSA) is 49.4 Å². The van der Waals surface area contributed by atoms with E-state index in [1.165, 1.54) is 24.8 Å². The minimum absolute atomic E-state index is 0. The quantitative estimate of drug-likeness (QED) is 0.792. The van der Waals surface area contributed by atoms with Gasteiger partial charge in [0.25, 0.3) is 0 Å². The molecule has 1 aromatic heterocycles. The van der Waals surface area contributed by atoms with Gasteiger partial charge in [0.05, 0.1) is 5.75 Å². The molecule has 1 aromatic rings. The number of rotatable bonds is 7. The van der Waals surface area contributed by atoms with Crippen LogP contribution in [0.4, 0.5) is 0 Å². The van der Waals surface area contributed by atoms with E-state index < -0.39 is 9.84 Å². The molecule has 1 saturated carbocycles. The second kappa shape index (κ2) is 7.83. The number of thiophene rings is 1. The summed E-state index contributed by atoms with van der Waals surface area (Å²) in [5.41, 5.74) is 1.77. The Bertz CT molecular complexity index is 583. The molecule has 1 aliphatic carbocycles. The Balaban J connectivity index is 0.00000192. The largest absolute Gasteiger partial charge is 0.317 e. The van der Waals surface area contributed by atoms with Gasteiger partial charge in [-0.25, -0.2) is 8.42 Å². The molecule has 1 atom stereocenters. The van der Waals surface area contributed by atoms with E-state index in [-0.39, 0.29) is 18.2 Å². The number of sulfone groups is 1. The number of hydrogen-bond donors (Lipinski definition) is 1. The van der Waals surface area contributed by atoms with Crippen LogP contribution >= 0.6 is 23.7 Å². The number of hydrogen-bond acceptors (Lipinski definition) is 5. The van der Waals surface area contributed by atoms with Crippen LogP contribution in [0.15, 0.2) is 16.8 Å². The molecular weight excluding hydrogens is 352 g/mol. The maximum absolute atomic E-state index is 11.9. The fraction of sp³-hybridized carbons (Fsp3) is 0.750. The SMILES string of the molecule is CCS(=O)(=O)CCN(Cc1ccsc1)C1CC12CCNCC2.Cl. The molecule has 1 N–H and O–H groups in total. The first-order valence-electron chi connectivity index (χ1n) is 8.21. The highest BCUT2D eigenvalue weighted by molar-refractivity contribution is 7.91. The summed E-state index contributed by atoms with van der Waals surface area (Å²) >= 11 is 1.71. The molecule has 0 bridgehead atoms. The molecule has 3 rings (SSSR count). The molecule has 1 aliphatic heterocycles. The third-order valence-electron chi connectivity index (χ3n) is 5.28. The standard InChI is InChI=1S/C16H26N2O2S2.ClH/c1-2-22(19,20)10-8-18(12-14-3-9-21-13-14)15-11-16(15)4-6-17-7-5-16;/h3,9,13,15,17H,2,4-8,10-12H2,1H3;1H. The van der Waals surface area contributed by atoms with Crippen molar-refractivity contribution in [3.05, 3.63) is 22.4 Å². The van der Waals surface area contributed by atoms with Crippen LogP contribution < -0.4 is 5.32 Å². The highest BCUT2D eigenvalue weighted by Gasteiger charge is 2.56. The van der Waals surface area contributed by atoms with Crippen LogP contribution in [0.5, 0.6) is 0 Å². The van der Waals surface area contributed by atoms with Crippen molar-refractivity contribution in [2.75, 3.05) is 31.1 Å². The van der Waals surface area contributed by atoms with Crippen molar-refractivity contribution >= 4 is 33.6 Å². The van der Waals surface area contributed by atoms with E-state index in [1.54, 1.807) is 18.3 Å².